The van der Waals surface area contributed by atoms with Gasteiger partial charge in [-0.25, -0.2) is 0 Å². The van der Waals surface area contributed by atoms with Gasteiger partial charge in [0.25, 0.3) is 0 Å². The molecular formula is C18H25N. The summed E-state index contributed by atoms with van der Waals surface area (Å²) in [5, 5.41) is 6.21. The first kappa shape index (κ1) is 14.1. The quantitative estimate of drug-likeness (QED) is 0.813. The zero-order chi connectivity index (χ0) is 13.7. The molecule has 2 rings (SSSR count). The van der Waals surface area contributed by atoms with Crippen LogP contribution in [0.4, 0.5) is 0 Å². The SMILES string of the molecule is CCNCC(C)C(C)Cc1cccc2ccccc12. The Morgan fingerprint density at radius 2 is 1.68 bits per heavy atom. The van der Waals surface area contributed by atoms with E-state index in [-0.39, 0.29) is 0 Å². The predicted molar refractivity (Wildman–Crippen MR) is 84.5 cm³/mol. The minimum atomic E-state index is 0.699. The molecule has 1 heteroatoms. The topological polar surface area (TPSA) is 12.0 Å². The van der Waals surface area contributed by atoms with Gasteiger partial charge in [-0.15, -0.1) is 0 Å². The first-order valence-corrected chi connectivity index (χ1v) is 7.39. The van der Waals surface area contributed by atoms with E-state index >= 15 is 0 Å². The van der Waals surface area contributed by atoms with Crippen molar-refractivity contribution in [3.05, 3.63) is 48.0 Å². The lowest BCUT2D eigenvalue weighted by molar-refractivity contribution is 0.369. The normalized spacial score (nSPS) is 14.5. The predicted octanol–water partition coefficient (Wildman–Crippen LogP) is 4.26. The molecule has 0 aromatic heterocycles. The number of hydrogen-bond donors (Lipinski definition) is 1. The summed E-state index contributed by atoms with van der Waals surface area (Å²) in [7, 11) is 0. The van der Waals surface area contributed by atoms with Gasteiger partial charge in [0.15, 0.2) is 0 Å². The molecule has 0 amide bonds. The lowest BCUT2D eigenvalue weighted by atomic mass is 9.88. The van der Waals surface area contributed by atoms with Gasteiger partial charge in [0.05, 0.1) is 0 Å². The van der Waals surface area contributed by atoms with Crippen LogP contribution >= 0.6 is 0 Å². The fourth-order valence-electron chi connectivity index (χ4n) is 2.59. The second kappa shape index (κ2) is 6.72. The molecule has 0 radical (unpaired) electrons. The van der Waals surface area contributed by atoms with E-state index in [1.807, 2.05) is 0 Å². The summed E-state index contributed by atoms with van der Waals surface area (Å²) < 4.78 is 0. The molecule has 0 heterocycles. The summed E-state index contributed by atoms with van der Waals surface area (Å²) in [6, 6.07) is 15.4. The molecule has 0 bridgehead atoms. The van der Waals surface area contributed by atoms with E-state index in [0.717, 1.165) is 19.5 Å². The summed E-state index contributed by atoms with van der Waals surface area (Å²) in [6.45, 7) is 9.05. The first-order valence-electron chi connectivity index (χ1n) is 7.39. The van der Waals surface area contributed by atoms with Crippen molar-refractivity contribution in [2.45, 2.75) is 27.2 Å². The zero-order valence-corrected chi connectivity index (χ0v) is 12.3. The second-order valence-corrected chi connectivity index (χ2v) is 5.60. The third kappa shape index (κ3) is 3.57. The first-order chi connectivity index (χ1) is 9.22. The highest BCUT2D eigenvalue weighted by molar-refractivity contribution is 5.85. The molecule has 0 fully saturated rings. The molecule has 0 spiro atoms. The third-order valence-electron chi connectivity index (χ3n) is 4.11. The van der Waals surface area contributed by atoms with Crippen LogP contribution in [0.25, 0.3) is 10.8 Å². The standard InChI is InChI=1S/C18H25N/c1-4-19-13-15(3)14(2)12-17-10-7-9-16-8-5-6-11-18(16)17/h5-11,14-15,19H,4,12-13H2,1-3H3. The van der Waals surface area contributed by atoms with E-state index in [0.29, 0.717) is 11.8 Å². The Morgan fingerprint density at radius 3 is 2.47 bits per heavy atom. The fourth-order valence-corrected chi connectivity index (χ4v) is 2.59. The molecule has 0 saturated heterocycles. The minimum absolute atomic E-state index is 0.699. The van der Waals surface area contributed by atoms with E-state index in [2.05, 4.69) is 68.6 Å². The average molecular weight is 255 g/mol. The van der Waals surface area contributed by atoms with Gasteiger partial charge in [-0.2, -0.15) is 0 Å². The molecule has 2 atom stereocenters. The molecule has 1 N–H and O–H groups in total. The van der Waals surface area contributed by atoms with Crippen LogP contribution in [0.5, 0.6) is 0 Å². The number of benzene rings is 2. The van der Waals surface area contributed by atoms with Crippen molar-refractivity contribution >= 4 is 10.8 Å². The van der Waals surface area contributed by atoms with Crippen molar-refractivity contribution in [3.8, 4) is 0 Å². The number of rotatable bonds is 6. The van der Waals surface area contributed by atoms with Crippen molar-refractivity contribution in [2.24, 2.45) is 11.8 Å². The summed E-state index contributed by atoms with van der Waals surface area (Å²) in [5.41, 5.74) is 1.48. The van der Waals surface area contributed by atoms with E-state index in [1.165, 1.54) is 16.3 Å². The number of fused-ring (bicyclic) bond motifs is 1. The van der Waals surface area contributed by atoms with Crippen LogP contribution in [0.1, 0.15) is 26.3 Å². The molecule has 0 saturated carbocycles. The minimum Gasteiger partial charge on any atom is -0.317 e. The highest BCUT2D eigenvalue weighted by Gasteiger charge is 2.13. The van der Waals surface area contributed by atoms with Gasteiger partial charge in [0.2, 0.25) is 0 Å². The monoisotopic (exact) mass is 255 g/mol. The van der Waals surface area contributed by atoms with Crippen molar-refractivity contribution in [1.82, 2.24) is 5.32 Å². The van der Waals surface area contributed by atoms with E-state index in [1.54, 1.807) is 0 Å². The maximum atomic E-state index is 3.45. The second-order valence-electron chi connectivity index (χ2n) is 5.60. The van der Waals surface area contributed by atoms with Crippen molar-refractivity contribution < 1.29 is 0 Å². The lowest BCUT2D eigenvalue weighted by Gasteiger charge is -2.21. The van der Waals surface area contributed by atoms with Gasteiger partial charge in [0.1, 0.15) is 0 Å². The van der Waals surface area contributed by atoms with Gasteiger partial charge >= 0.3 is 0 Å². The Bertz CT molecular complexity index is 513. The molecule has 0 aliphatic rings. The molecular weight excluding hydrogens is 230 g/mol. The fraction of sp³-hybridized carbons (Fsp3) is 0.444. The van der Waals surface area contributed by atoms with Gasteiger partial charge < -0.3 is 5.32 Å². The van der Waals surface area contributed by atoms with Gasteiger partial charge in [-0.05, 0) is 47.7 Å². The van der Waals surface area contributed by atoms with Gasteiger partial charge in [-0.3, -0.25) is 0 Å². The van der Waals surface area contributed by atoms with Crippen LogP contribution in [-0.2, 0) is 6.42 Å². The Hall–Kier alpha value is -1.34. The Morgan fingerprint density at radius 1 is 0.947 bits per heavy atom. The van der Waals surface area contributed by atoms with Gasteiger partial charge in [0, 0.05) is 0 Å². The van der Waals surface area contributed by atoms with Crippen molar-refractivity contribution in [3.63, 3.8) is 0 Å². The van der Waals surface area contributed by atoms with Crippen molar-refractivity contribution in [1.29, 1.82) is 0 Å². The molecule has 0 aliphatic heterocycles. The van der Waals surface area contributed by atoms with E-state index < -0.39 is 0 Å². The summed E-state index contributed by atoms with van der Waals surface area (Å²) in [6.07, 6.45) is 1.16. The Labute approximate surface area is 117 Å². The van der Waals surface area contributed by atoms with E-state index in [4.69, 9.17) is 0 Å². The molecule has 2 aromatic rings. The molecule has 0 aliphatic carbocycles. The smallest absolute Gasteiger partial charge is 0.00206 e. The maximum Gasteiger partial charge on any atom is -0.00206 e. The molecule has 2 aromatic carbocycles. The number of hydrogen-bond acceptors (Lipinski definition) is 1. The summed E-state index contributed by atoms with van der Waals surface area (Å²) in [5.74, 6) is 1.41. The highest BCUT2D eigenvalue weighted by Crippen LogP contribution is 2.23. The van der Waals surface area contributed by atoms with Crippen molar-refractivity contribution in [2.75, 3.05) is 13.1 Å². The molecule has 1 nitrogen and oxygen atoms in total. The Kier molecular flexibility index (Phi) is 4.98. The third-order valence-corrected chi connectivity index (χ3v) is 4.11. The molecule has 2 unspecified atom stereocenters. The summed E-state index contributed by atoms with van der Waals surface area (Å²) >= 11 is 0. The maximum absolute atomic E-state index is 3.45. The zero-order valence-electron chi connectivity index (χ0n) is 12.3. The molecule has 102 valence electrons. The van der Waals surface area contributed by atoms with Crippen LogP contribution < -0.4 is 5.32 Å². The van der Waals surface area contributed by atoms with Crippen LogP contribution in [0, 0.1) is 11.8 Å². The summed E-state index contributed by atoms with van der Waals surface area (Å²) in [4.78, 5) is 0. The number of nitrogens with one attached hydrogen (secondary N) is 1. The van der Waals surface area contributed by atoms with Crippen LogP contribution in [0.2, 0.25) is 0 Å². The van der Waals surface area contributed by atoms with Crippen LogP contribution in [0.3, 0.4) is 0 Å². The van der Waals surface area contributed by atoms with Crippen LogP contribution in [-0.4, -0.2) is 13.1 Å². The largest absolute Gasteiger partial charge is 0.317 e. The van der Waals surface area contributed by atoms with Gasteiger partial charge in [-0.1, -0.05) is 63.2 Å². The van der Waals surface area contributed by atoms with Crippen LogP contribution in [0.15, 0.2) is 42.5 Å². The average Bonchev–Trinajstić information content (AvgIpc) is 2.45. The van der Waals surface area contributed by atoms with E-state index in [9.17, 15) is 0 Å². The lowest BCUT2D eigenvalue weighted by Crippen LogP contribution is -2.25. The molecule has 19 heavy (non-hydrogen) atoms. The highest BCUT2D eigenvalue weighted by atomic mass is 14.8. The Balaban J connectivity index is 2.12.